The third-order valence-electron chi connectivity index (χ3n) is 8.73. The molecule has 0 N–H and O–H groups in total. The summed E-state index contributed by atoms with van der Waals surface area (Å²) in [6.45, 7) is 5.87. The monoisotopic (exact) mass is 720 g/mol. The maximum absolute atomic E-state index is 14.1. The number of amides is 3. The van der Waals surface area contributed by atoms with E-state index in [1.807, 2.05) is 12.1 Å². The van der Waals surface area contributed by atoms with Gasteiger partial charge in [0.25, 0.3) is 0 Å². The van der Waals surface area contributed by atoms with E-state index in [2.05, 4.69) is 4.90 Å². The van der Waals surface area contributed by atoms with Crippen LogP contribution >= 0.6 is 23.2 Å². The van der Waals surface area contributed by atoms with E-state index in [4.69, 9.17) is 42.1 Å². The molecule has 0 spiro atoms. The molecule has 49 heavy (non-hydrogen) atoms. The molecule has 0 saturated carbocycles. The van der Waals surface area contributed by atoms with E-state index in [0.29, 0.717) is 60.6 Å². The van der Waals surface area contributed by atoms with Crippen LogP contribution in [0.15, 0.2) is 36.4 Å². The summed E-state index contributed by atoms with van der Waals surface area (Å²) < 4.78 is 21.4. The lowest BCUT2D eigenvalue weighted by atomic mass is 10.0. The average molecular weight is 722 g/mol. The summed E-state index contributed by atoms with van der Waals surface area (Å²) in [6, 6.07) is 9.59. The Morgan fingerprint density at radius 3 is 2.41 bits per heavy atom. The number of carbonyl (C=O) groups is 4. The quantitative estimate of drug-likeness (QED) is 0.227. The van der Waals surface area contributed by atoms with Gasteiger partial charge in [-0.05, 0) is 61.6 Å². The standard InChI is InChI=1S/C35H46Cl2N4O8/c1-4-49-34(44)24-39(14-10-25-6-9-30(46-2)31(20-25)47-3)32(42)22-29-35(45)40(15-11-26-7-8-27(36)21-28(26)37)23-33(43)41(29)13-5-12-38-16-18-48-19-17-38/h6-9,20-21,29H,4-5,10-19,22-24H2,1-3H3. The number of halogens is 2. The van der Waals surface area contributed by atoms with Crippen LogP contribution in [0, 0.1) is 0 Å². The second kappa shape index (κ2) is 19.0. The molecular weight excluding hydrogens is 675 g/mol. The van der Waals surface area contributed by atoms with Crippen LogP contribution in [0.2, 0.25) is 10.0 Å². The molecule has 12 nitrogen and oxygen atoms in total. The SMILES string of the molecule is CCOC(=O)CN(CCc1ccc(OC)c(OC)c1)C(=O)CC1C(=O)N(CCc2ccc(Cl)cc2Cl)CC(=O)N1CCCN1CCOCC1. The van der Waals surface area contributed by atoms with Gasteiger partial charge in [0.2, 0.25) is 17.7 Å². The molecule has 1 atom stereocenters. The lowest BCUT2D eigenvalue weighted by Gasteiger charge is -2.41. The predicted molar refractivity (Wildman–Crippen MR) is 185 cm³/mol. The van der Waals surface area contributed by atoms with Gasteiger partial charge < -0.3 is 33.6 Å². The van der Waals surface area contributed by atoms with Crippen LogP contribution in [-0.4, -0.2) is 136 Å². The van der Waals surface area contributed by atoms with Gasteiger partial charge in [-0.15, -0.1) is 0 Å². The number of nitrogens with zero attached hydrogens (tertiary/aromatic N) is 4. The van der Waals surface area contributed by atoms with E-state index in [1.54, 1.807) is 45.4 Å². The highest BCUT2D eigenvalue weighted by molar-refractivity contribution is 6.35. The topological polar surface area (TPSA) is 118 Å². The molecule has 0 radical (unpaired) electrons. The van der Waals surface area contributed by atoms with Gasteiger partial charge in [0.1, 0.15) is 12.6 Å². The number of carbonyl (C=O) groups excluding carboxylic acids is 4. The zero-order chi connectivity index (χ0) is 35.3. The molecule has 2 fully saturated rings. The van der Waals surface area contributed by atoms with Crippen LogP contribution in [-0.2, 0) is 41.5 Å². The molecule has 1 unspecified atom stereocenters. The highest BCUT2D eigenvalue weighted by Gasteiger charge is 2.41. The number of piperazine rings is 1. The van der Waals surface area contributed by atoms with Crippen molar-refractivity contribution in [3.8, 4) is 11.5 Å². The number of morpholine rings is 1. The minimum atomic E-state index is -1.02. The summed E-state index contributed by atoms with van der Waals surface area (Å²) in [4.78, 5) is 61.0. The normalized spacial score (nSPS) is 16.9. The van der Waals surface area contributed by atoms with Crippen LogP contribution < -0.4 is 9.47 Å². The Balaban J connectivity index is 1.52. The molecule has 3 amide bonds. The lowest BCUT2D eigenvalue weighted by molar-refractivity contribution is -0.159. The van der Waals surface area contributed by atoms with Gasteiger partial charge in [-0.25, -0.2) is 0 Å². The zero-order valence-electron chi connectivity index (χ0n) is 28.5. The van der Waals surface area contributed by atoms with Crippen molar-refractivity contribution in [1.82, 2.24) is 19.6 Å². The first kappa shape index (κ1) is 38.2. The second-order valence-corrected chi connectivity index (χ2v) is 12.8. The van der Waals surface area contributed by atoms with E-state index >= 15 is 0 Å². The molecule has 2 aromatic rings. The van der Waals surface area contributed by atoms with Crippen LogP contribution in [0.1, 0.15) is 30.9 Å². The van der Waals surface area contributed by atoms with Gasteiger partial charge in [0.05, 0.1) is 47.0 Å². The summed E-state index contributed by atoms with van der Waals surface area (Å²) in [5.74, 6) is -0.423. The van der Waals surface area contributed by atoms with Gasteiger partial charge in [0, 0.05) is 49.3 Å². The number of methoxy groups -OCH3 is 2. The average Bonchev–Trinajstić information content (AvgIpc) is 3.09. The summed E-state index contributed by atoms with van der Waals surface area (Å²) in [5, 5.41) is 0.978. The molecule has 14 heteroatoms. The lowest BCUT2D eigenvalue weighted by Crippen LogP contribution is -2.61. The minimum Gasteiger partial charge on any atom is -0.493 e. The maximum Gasteiger partial charge on any atom is 0.325 e. The Bertz CT molecular complexity index is 1450. The third-order valence-corrected chi connectivity index (χ3v) is 9.31. The van der Waals surface area contributed by atoms with E-state index in [1.165, 1.54) is 14.7 Å². The minimum absolute atomic E-state index is 0.0991. The number of hydrogen-bond donors (Lipinski definition) is 0. The van der Waals surface area contributed by atoms with Crippen molar-refractivity contribution in [3.05, 3.63) is 57.6 Å². The van der Waals surface area contributed by atoms with Crippen LogP contribution in [0.5, 0.6) is 11.5 Å². The van der Waals surface area contributed by atoms with Crippen molar-refractivity contribution in [2.24, 2.45) is 0 Å². The van der Waals surface area contributed by atoms with Crippen molar-refractivity contribution in [2.75, 3.05) is 86.4 Å². The van der Waals surface area contributed by atoms with E-state index in [9.17, 15) is 19.2 Å². The van der Waals surface area contributed by atoms with Gasteiger partial charge >= 0.3 is 5.97 Å². The number of benzene rings is 2. The van der Waals surface area contributed by atoms with Crippen molar-refractivity contribution in [1.29, 1.82) is 0 Å². The maximum atomic E-state index is 14.1. The van der Waals surface area contributed by atoms with Gasteiger partial charge in [-0.2, -0.15) is 0 Å². The fourth-order valence-corrected chi connectivity index (χ4v) is 6.54. The summed E-state index contributed by atoms with van der Waals surface area (Å²) >= 11 is 12.4. The van der Waals surface area contributed by atoms with Gasteiger partial charge in [0.15, 0.2) is 11.5 Å². The van der Waals surface area contributed by atoms with E-state index in [0.717, 1.165) is 30.8 Å². The first-order valence-electron chi connectivity index (χ1n) is 16.6. The van der Waals surface area contributed by atoms with Crippen LogP contribution in [0.4, 0.5) is 0 Å². The first-order chi connectivity index (χ1) is 23.6. The Morgan fingerprint density at radius 2 is 1.71 bits per heavy atom. The van der Waals surface area contributed by atoms with Crippen LogP contribution in [0.25, 0.3) is 0 Å². The molecule has 2 aromatic carbocycles. The van der Waals surface area contributed by atoms with E-state index < -0.39 is 17.9 Å². The molecule has 2 heterocycles. The molecule has 2 aliphatic rings. The Kier molecular flexibility index (Phi) is 14.8. The number of esters is 1. The molecule has 4 rings (SSSR count). The summed E-state index contributed by atoms with van der Waals surface area (Å²) in [6.07, 6.45) is 1.18. The van der Waals surface area contributed by atoms with E-state index in [-0.39, 0.29) is 51.0 Å². The smallest absolute Gasteiger partial charge is 0.325 e. The highest BCUT2D eigenvalue weighted by atomic mass is 35.5. The highest BCUT2D eigenvalue weighted by Crippen LogP contribution is 2.28. The van der Waals surface area contributed by atoms with Gasteiger partial charge in [-0.1, -0.05) is 35.3 Å². The van der Waals surface area contributed by atoms with Crippen molar-refractivity contribution < 1.29 is 38.1 Å². The molecule has 2 saturated heterocycles. The largest absolute Gasteiger partial charge is 0.493 e. The molecule has 0 bridgehead atoms. The van der Waals surface area contributed by atoms with Crippen molar-refractivity contribution in [2.45, 2.75) is 38.6 Å². The zero-order valence-corrected chi connectivity index (χ0v) is 30.0. The van der Waals surface area contributed by atoms with Gasteiger partial charge in [-0.3, -0.25) is 24.1 Å². The second-order valence-electron chi connectivity index (χ2n) is 11.9. The number of ether oxygens (including phenoxy) is 4. The molecular formula is C35H46Cl2N4O8. The predicted octanol–water partition coefficient (Wildman–Crippen LogP) is 3.34. The van der Waals surface area contributed by atoms with Crippen molar-refractivity contribution >= 4 is 46.9 Å². The Hall–Kier alpha value is -3.58. The van der Waals surface area contributed by atoms with Crippen LogP contribution in [0.3, 0.4) is 0 Å². The Morgan fingerprint density at radius 1 is 0.959 bits per heavy atom. The van der Waals surface area contributed by atoms with Crippen molar-refractivity contribution in [3.63, 3.8) is 0 Å². The fraction of sp³-hybridized carbons (Fsp3) is 0.543. The number of rotatable bonds is 17. The number of hydrogen-bond acceptors (Lipinski definition) is 9. The summed E-state index contributed by atoms with van der Waals surface area (Å²) in [7, 11) is 3.09. The Labute approximate surface area is 298 Å². The molecule has 0 aromatic heterocycles. The first-order valence-corrected chi connectivity index (χ1v) is 17.4. The summed E-state index contributed by atoms with van der Waals surface area (Å²) in [5.41, 5.74) is 1.66. The fourth-order valence-electron chi connectivity index (χ4n) is 6.04. The molecule has 0 aliphatic carbocycles. The molecule has 2 aliphatic heterocycles. The third kappa shape index (κ3) is 11.0. The molecule has 268 valence electrons.